The number of carbonyl (C=O) groups is 1. The van der Waals surface area contributed by atoms with Gasteiger partial charge in [-0.3, -0.25) is 4.79 Å². The third kappa shape index (κ3) is 1.98. The normalized spacial score (nSPS) is 36.3. The van der Waals surface area contributed by atoms with Gasteiger partial charge in [0.15, 0.2) is 0 Å². The van der Waals surface area contributed by atoms with E-state index in [1.165, 1.54) is 18.6 Å². The molecule has 5 rings (SSSR count). The Morgan fingerprint density at radius 3 is 2.54 bits per heavy atom. The number of piperidine rings is 1. The van der Waals surface area contributed by atoms with Crippen molar-refractivity contribution in [3.8, 4) is 0 Å². The second-order valence-corrected chi connectivity index (χ2v) is 8.71. The molecule has 1 aromatic rings. The number of hydrogen-bond acceptors (Lipinski definition) is 4. The third-order valence-corrected chi connectivity index (χ3v) is 6.45. The Hall–Kier alpha value is -1.85. The van der Waals surface area contributed by atoms with E-state index in [0.29, 0.717) is 23.6 Å². The number of oxime groups is 1. The number of rotatable bonds is 3. The third-order valence-electron chi connectivity index (χ3n) is 6.45. The summed E-state index contributed by atoms with van der Waals surface area (Å²) in [4.78, 5) is 24.5. The van der Waals surface area contributed by atoms with E-state index in [4.69, 9.17) is 4.84 Å². The zero-order valence-electron chi connectivity index (χ0n) is 14.5. The summed E-state index contributed by atoms with van der Waals surface area (Å²) < 4.78 is 2.08. The molecule has 0 N–H and O–H groups in total. The van der Waals surface area contributed by atoms with Gasteiger partial charge in [0.25, 0.3) is 5.91 Å². The first-order valence-corrected chi connectivity index (χ1v) is 8.97. The molecule has 1 aromatic heterocycles. The Balaban J connectivity index is 1.26. The van der Waals surface area contributed by atoms with Gasteiger partial charge >= 0.3 is 0 Å². The van der Waals surface area contributed by atoms with Gasteiger partial charge in [-0.1, -0.05) is 12.1 Å². The highest BCUT2D eigenvalue weighted by Gasteiger charge is 2.69. The van der Waals surface area contributed by atoms with Crippen LogP contribution in [0.1, 0.15) is 56.6 Å². The molecule has 0 aromatic carbocycles. The number of carbonyl (C=O) groups excluding carboxylic acids is 1. The van der Waals surface area contributed by atoms with Gasteiger partial charge in [-0.2, -0.15) is 0 Å². The van der Waals surface area contributed by atoms with E-state index < -0.39 is 0 Å². The first-order valence-electron chi connectivity index (χ1n) is 8.97. The van der Waals surface area contributed by atoms with Crippen molar-refractivity contribution in [2.75, 3.05) is 13.1 Å². The van der Waals surface area contributed by atoms with Crippen LogP contribution in [0.25, 0.3) is 0 Å². The van der Waals surface area contributed by atoms with E-state index in [9.17, 15) is 4.79 Å². The first kappa shape index (κ1) is 14.5. The molecular weight excluding hydrogens is 304 g/mol. The molecule has 6 nitrogen and oxygen atoms in total. The van der Waals surface area contributed by atoms with Gasteiger partial charge in [0.1, 0.15) is 11.3 Å². The van der Waals surface area contributed by atoms with Crippen molar-refractivity contribution >= 4 is 11.6 Å². The predicted octanol–water partition coefficient (Wildman–Crippen LogP) is 2.48. The summed E-state index contributed by atoms with van der Waals surface area (Å²) in [6.07, 6.45) is 7.03. The first-order chi connectivity index (χ1) is 11.4. The summed E-state index contributed by atoms with van der Waals surface area (Å²) in [5.41, 5.74) is 1.72. The quantitative estimate of drug-likeness (QED) is 0.856. The lowest BCUT2D eigenvalue weighted by Crippen LogP contribution is -2.36. The van der Waals surface area contributed by atoms with Crippen LogP contribution >= 0.6 is 0 Å². The van der Waals surface area contributed by atoms with Crippen molar-refractivity contribution in [2.45, 2.75) is 51.7 Å². The summed E-state index contributed by atoms with van der Waals surface area (Å²) in [5, 5.41) is 4.36. The van der Waals surface area contributed by atoms with Crippen molar-refractivity contribution in [3.63, 3.8) is 0 Å². The molecule has 3 heterocycles. The van der Waals surface area contributed by atoms with Crippen molar-refractivity contribution in [1.82, 2.24) is 14.5 Å². The van der Waals surface area contributed by atoms with E-state index >= 15 is 0 Å². The summed E-state index contributed by atoms with van der Waals surface area (Å²) in [6.45, 7) is 8.08. The standard InChI is InChI=1S/C18H24N4O2/c1-17(2)6-15(20-24-17)18(3)12-7-21(8-13(12)18)16(23)14-9-22(10-19-14)11-4-5-11/h9-13H,4-8H2,1-3H3. The van der Waals surface area contributed by atoms with Crippen LogP contribution in [-0.2, 0) is 4.84 Å². The summed E-state index contributed by atoms with van der Waals surface area (Å²) in [7, 11) is 0. The highest BCUT2D eigenvalue weighted by atomic mass is 16.7. The van der Waals surface area contributed by atoms with Gasteiger partial charge in [-0.25, -0.2) is 4.98 Å². The molecule has 0 bridgehead atoms. The van der Waals surface area contributed by atoms with Crippen LogP contribution in [-0.4, -0.2) is 44.8 Å². The highest BCUT2D eigenvalue weighted by molar-refractivity contribution is 5.96. The van der Waals surface area contributed by atoms with Crippen molar-refractivity contribution in [1.29, 1.82) is 0 Å². The van der Waals surface area contributed by atoms with Crippen LogP contribution in [0, 0.1) is 17.3 Å². The molecule has 2 aliphatic heterocycles. The van der Waals surface area contributed by atoms with Gasteiger partial charge in [0.05, 0.1) is 12.0 Å². The zero-order chi connectivity index (χ0) is 16.7. The Morgan fingerprint density at radius 1 is 1.25 bits per heavy atom. The number of hydrogen-bond donors (Lipinski definition) is 0. The highest BCUT2D eigenvalue weighted by Crippen LogP contribution is 2.64. The van der Waals surface area contributed by atoms with Gasteiger partial charge in [-0.05, 0) is 38.5 Å². The average Bonchev–Trinajstić information content (AvgIpc) is 3.23. The molecule has 24 heavy (non-hydrogen) atoms. The van der Waals surface area contributed by atoms with Crippen LogP contribution in [0.3, 0.4) is 0 Å². The maximum absolute atomic E-state index is 12.7. The number of fused-ring (bicyclic) bond motifs is 1. The largest absolute Gasteiger partial charge is 0.389 e. The van der Waals surface area contributed by atoms with E-state index in [-0.39, 0.29) is 16.9 Å². The number of aromatic nitrogens is 2. The topological polar surface area (TPSA) is 59.7 Å². The lowest BCUT2D eigenvalue weighted by atomic mass is 9.88. The van der Waals surface area contributed by atoms with Gasteiger partial charge in [0.2, 0.25) is 0 Å². The van der Waals surface area contributed by atoms with Crippen molar-refractivity contribution in [2.24, 2.45) is 22.4 Å². The fourth-order valence-electron chi connectivity index (χ4n) is 4.59. The minimum atomic E-state index is -0.180. The Kier molecular flexibility index (Phi) is 2.66. The van der Waals surface area contributed by atoms with Crippen molar-refractivity contribution in [3.05, 3.63) is 18.2 Å². The fourth-order valence-corrected chi connectivity index (χ4v) is 4.59. The smallest absolute Gasteiger partial charge is 0.274 e. The minimum Gasteiger partial charge on any atom is -0.389 e. The monoisotopic (exact) mass is 328 g/mol. The molecular formula is C18H24N4O2. The predicted molar refractivity (Wildman–Crippen MR) is 88.7 cm³/mol. The lowest BCUT2D eigenvalue weighted by molar-refractivity contribution is 0.0123. The molecule has 0 radical (unpaired) electrons. The van der Waals surface area contributed by atoms with Crippen LogP contribution in [0.4, 0.5) is 0 Å². The van der Waals surface area contributed by atoms with Crippen LogP contribution in [0.2, 0.25) is 0 Å². The molecule has 3 fully saturated rings. The van der Waals surface area contributed by atoms with E-state index in [1.54, 1.807) is 6.33 Å². The number of imidazole rings is 1. The Morgan fingerprint density at radius 2 is 1.96 bits per heavy atom. The van der Waals surface area contributed by atoms with E-state index in [0.717, 1.165) is 19.5 Å². The molecule has 2 atom stereocenters. The molecule has 1 amide bonds. The van der Waals surface area contributed by atoms with Crippen LogP contribution in [0.15, 0.2) is 17.7 Å². The molecule has 2 unspecified atom stereocenters. The van der Waals surface area contributed by atoms with Gasteiger partial charge < -0.3 is 14.3 Å². The van der Waals surface area contributed by atoms with Crippen molar-refractivity contribution < 1.29 is 9.63 Å². The number of likely N-dealkylation sites (tertiary alicyclic amines) is 1. The molecule has 4 aliphatic rings. The molecule has 0 spiro atoms. The summed E-state index contributed by atoms with van der Waals surface area (Å²) in [6, 6.07) is 0.568. The molecule has 2 aliphatic carbocycles. The molecule has 1 saturated heterocycles. The SMILES string of the molecule is CC1(C)CC(C2(C)C3CN(C(=O)c4cn(C5CC5)cn4)CC32)=NO1. The average molecular weight is 328 g/mol. The lowest BCUT2D eigenvalue weighted by Gasteiger charge is -2.23. The maximum Gasteiger partial charge on any atom is 0.274 e. The van der Waals surface area contributed by atoms with E-state index in [1.807, 2.05) is 11.1 Å². The Bertz CT molecular complexity index is 734. The van der Waals surface area contributed by atoms with E-state index in [2.05, 4.69) is 35.5 Å². The number of nitrogens with zero attached hydrogens (tertiary/aromatic N) is 4. The second-order valence-electron chi connectivity index (χ2n) is 8.71. The second kappa shape index (κ2) is 4.41. The van der Waals surface area contributed by atoms with Crippen LogP contribution in [0.5, 0.6) is 0 Å². The van der Waals surface area contributed by atoms with Gasteiger partial charge in [0, 0.05) is 37.2 Å². The minimum absolute atomic E-state index is 0.0777. The fraction of sp³-hybridized carbons (Fsp3) is 0.722. The maximum atomic E-state index is 12.7. The molecule has 6 heteroatoms. The van der Waals surface area contributed by atoms with Gasteiger partial charge in [-0.15, -0.1) is 0 Å². The molecule has 2 saturated carbocycles. The Labute approximate surface area is 141 Å². The summed E-state index contributed by atoms with van der Waals surface area (Å²) in [5.74, 6) is 1.11. The summed E-state index contributed by atoms with van der Waals surface area (Å²) >= 11 is 0. The van der Waals surface area contributed by atoms with Crippen LogP contribution < -0.4 is 0 Å². The molecule has 128 valence electrons. The zero-order valence-corrected chi connectivity index (χ0v) is 14.5. The number of amides is 1.